The molecule has 3 atom stereocenters. The molecule has 0 aliphatic rings. The van der Waals surface area contributed by atoms with Gasteiger partial charge in [0, 0.05) is 44.4 Å². The lowest BCUT2D eigenvalue weighted by Crippen LogP contribution is -2.46. The minimum Gasteiger partial charge on any atom is -0.487 e. The van der Waals surface area contributed by atoms with Gasteiger partial charge in [-0.3, -0.25) is 5.10 Å². The molecule has 0 saturated heterocycles. The smallest absolute Gasteiger partial charge is 0.292 e. The fourth-order valence-corrected chi connectivity index (χ4v) is 5.99. The average molecular weight is 705 g/mol. The second-order valence-corrected chi connectivity index (χ2v) is 13.1. The van der Waals surface area contributed by atoms with E-state index in [2.05, 4.69) is 38.2 Å². The predicted octanol–water partition coefficient (Wildman–Crippen LogP) is 7.16. The minimum atomic E-state index is -1.93. The molecule has 48 heavy (non-hydrogen) atoms. The standard InChI is InChI=1S/C34H49ClN6O6S/c1-8-10-11-12-17-34(43-7,46-28-15-13-23(3)20-24(28)4)38-27-14-16-29(45-19-18-44-9-2)30(21-27)47-48(42)36-22-25(5)32-37-33-31(35)26(6)39-41(33)40-32/h13-16,20-21,25,36,38-39H,8-12,17-19,22H2,1-7H3. The fraction of sp³-hybridized carbons (Fsp3) is 0.529. The van der Waals surface area contributed by atoms with Crippen LogP contribution in [0.1, 0.15) is 81.4 Å². The third kappa shape index (κ3) is 10.1. The quantitative estimate of drug-likeness (QED) is 0.0610. The van der Waals surface area contributed by atoms with Gasteiger partial charge in [0.05, 0.1) is 12.3 Å². The van der Waals surface area contributed by atoms with Crippen LogP contribution in [0.2, 0.25) is 5.02 Å². The van der Waals surface area contributed by atoms with Crippen molar-refractivity contribution in [1.29, 1.82) is 0 Å². The zero-order valence-corrected chi connectivity index (χ0v) is 30.6. The van der Waals surface area contributed by atoms with Gasteiger partial charge in [0.15, 0.2) is 23.0 Å². The molecule has 2 aromatic carbocycles. The van der Waals surface area contributed by atoms with Crippen LogP contribution in [0, 0.1) is 20.8 Å². The van der Waals surface area contributed by atoms with E-state index in [-0.39, 0.29) is 18.2 Å². The summed E-state index contributed by atoms with van der Waals surface area (Å²) in [7, 11) is 1.63. The number of nitrogens with zero attached hydrogens (tertiary/aromatic N) is 3. The SMILES string of the molecule is CCCCCCC(Nc1ccc(OCCOCC)c(OS(=O)NCC(C)c2nc3c(Cl)c(C)[nH]n3n2)c1)(OC)Oc1ccc(C)cc1C. The molecule has 0 aliphatic heterocycles. The van der Waals surface area contributed by atoms with Crippen LogP contribution >= 0.6 is 11.6 Å². The van der Waals surface area contributed by atoms with E-state index in [1.807, 2.05) is 52.8 Å². The van der Waals surface area contributed by atoms with Crippen LogP contribution in [-0.4, -0.2) is 63.4 Å². The molecule has 0 bridgehead atoms. The van der Waals surface area contributed by atoms with E-state index in [0.717, 1.165) is 48.3 Å². The molecule has 0 aliphatic carbocycles. The molecular formula is C34H49ClN6O6S. The first-order chi connectivity index (χ1) is 23.1. The Labute approximate surface area is 291 Å². The molecule has 0 spiro atoms. The van der Waals surface area contributed by atoms with Gasteiger partial charge < -0.3 is 28.4 Å². The number of aryl methyl sites for hydroxylation is 3. The van der Waals surface area contributed by atoms with Crippen molar-refractivity contribution in [3.8, 4) is 17.2 Å². The van der Waals surface area contributed by atoms with Gasteiger partial charge in [-0.2, -0.15) is 8.84 Å². The Bertz CT molecular complexity index is 1650. The van der Waals surface area contributed by atoms with Gasteiger partial charge in [0.25, 0.3) is 17.2 Å². The van der Waals surface area contributed by atoms with E-state index in [1.165, 1.54) is 4.63 Å². The van der Waals surface area contributed by atoms with Crippen molar-refractivity contribution >= 4 is 34.2 Å². The number of methoxy groups -OCH3 is 1. The lowest BCUT2D eigenvalue weighted by molar-refractivity contribution is -0.147. The predicted molar refractivity (Wildman–Crippen MR) is 189 cm³/mol. The first-order valence-corrected chi connectivity index (χ1v) is 17.9. The summed E-state index contributed by atoms with van der Waals surface area (Å²) in [5.41, 5.74) is 4.12. The van der Waals surface area contributed by atoms with E-state index in [0.29, 0.717) is 54.2 Å². The Hall–Kier alpha value is -3.36. The topological polar surface area (TPSA) is 133 Å². The summed E-state index contributed by atoms with van der Waals surface area (Å²) in [4.78, 5) is 4.53. The molecule has 2 aromatic heterocycles. The summed E-state index contributed by atoms with van der Waals surface area (Å²) in [6.45, 7) is 13.5. The lowest BCUT2D eigenvalue weighted by atomic mass is 10.1. The maximum Gasteiger partial charge on any atom is 0.292 e. The van der Waals surface area contributed by atoms with Crippen LogP contribution < -0.4 is 23.7 Å². The average Bonchev–Trinajstić information content (AvgIpc) is 3.60. The number of rotatable bonds is 21. The van der Waals surface area contributed by atoms with Crippen molar-refractivity contribution in [3.05, 3.63) is 64.1 Å². The zero-order valence-electron chi connectivity index (χ0n) is 29.0. The molecule has 4 aromatic rings. The number of aromatic amines is 1. The lowest BCUT2D eigenvalue weighted by Gasteiger charge is -2.35. The van der Waals surface area contributed by atoms with E-state index >= 15 is 0 Å². The molecular weight excluding hydrogens is 656 g/mol. The number of anilines is 1. The number of nitrogens with one attached hydrogen (secondary N) is 3. The van der Waals surface area contributed by atoms with Crippen LogP contribution in [0.3, 0.4) is 0 Å². The summed E-state index contributed by atoms with van der Waals surface area (Å²) >= 11 is 4.39. The van der Waals surface area contributed by atoms with Gasteiger partial charge in [-0.05, 0) is 57.9 Å². The molecule has 264 valence electrons. The van der Waals surface area contributed by atoms with E-state index in [4.69, 9.17) is 34.7 Å². The maximum atomic E-state index is 13.2. The van der Waals surface area contributed by atoms with Crippen molar-refractivity contribution in [3.63, 3.8) is 0 Å². The number of unbranched alkanes of at least 4 members (excludes halogenated alkanes) is 3. The van der Waals surface area contributed by atoms with E-state index < -0.39 is 17.2 Å². The third-order valence-corrected chi connectivity index (χ3v) is 8.98. The Morgan fingerprint density at radius 2 is 1.83 bits per heavy atom. The Balaban J connectivity index is 1.52. The molecule has 0 fully saturated rings. The van der Waals surface area contributed by atoms with E-state index in [1.54, 1.807) is 19.2 Å². The minimum absolute atomic E-state index is 0.186. The highest BCUT2D eigenvalue weighted by atomic mass is 35.5. The van der Waals surface area contributed by atoms with Crippen LogP contribution in [0.25, 0.3) is 5.65 Å². The Morgan fingerprint density at radius 3 is 2.54 bits per heavy atom. The normalized spacial score (nSPS) is 14.1. The van der Waals surface area contributed by atoms with Crippen molar-refractivity contribution in [2.24, 2.45) is 0 Å². The molecule has 14 heteroatoms. The van der Waals surface area contributed by atoms with Crippen molar-refractivity contribution < 1.29 is 27.3 Å². The van der Waals surface area contributed by atoms with E-state index in [9.17, 15) is 4.21 Å². The number of benzene rings is 2. The van der Waals surface area contributed by atoms with Crippen LogP contribution in [0.4, 0.5) is 5.69 Å². The number of aromatic nitrogens is 4. The molecule has 0 radical (unpaired) electrons. The number of H-pyrrole nitrogens is 1. The Morgan fingerprint density at radius 1 is 1.04 bits per heavy atom. The summed E-state index contributed by atoms with van der Waals surface area (Å²) in [5.74, 6) is 0.609. The summed E-state index contributed by atoms with van der Waals surface area (Å²) in [6.07, 6.45) is 4.75. The van der Waals surface area contributed by atoms with Crippen molar-refractivity contribution in [1.82, 2.24) is 24.5 Å². The molecule has 3 N–H and O–H groups in total. The highest BCUT2D eigenvalue weighted by Crippen LogP contribution is 2.35. The number of halogens is 1. The second kappa shape index (κ2) is 17.9. The second-order valence-electron chi connectivity index (χ2n) is 11.8. The summed E-state index contributed by atoms with van der Waals surface area (Å²) in [6, 6.07) is 11.4. The number of hydrogen-bond donors (Lipinski definition) is 3. The van der Waals surface area contributed by atoms with Gasteiger partial charge in [-0.25, -0.2) is 9.71 Å². The van der Waals surface area contributed by atoms with Crippen LogP contribution in [0.5, 0.6) is 17.2 Å². The summed E-state index contributed by atoms with van der Waals surface area (Å²) in [5, 5.41) is 11.5. The molecule has 0 saturated carbocycles. The highest BCUT2D eigenvalue weighted by Gasteiger charge is 2.33. The summed E-state index contributed by atoms with van der Waals surface area (Å²) < 4.78 is 47.7. The molecule has 3 unspecified atom stereocenters. The van der Waals surface area contributed by atoms with Gasteiger partial charge in [0.1, 0.15) is 17.4 Å². The molecule has 4 rings (SSSR count). The van der Waals surface area contributed by atoms with Crippen LogP contribution in [0.15, 0.2) is 36.4 Å². The van der Waals surface area contributed by atoms with Crippen LogP contribution in [-0.2, 0) is 20.7 Å². The first-order valence-electron chi connectivity index (χ1n) is 16.5. The van der Waals surface area contributed by atoms with Gasteiger partial charge in [-0.1, -0.05) is 62.4 Å². The first kappa shape index (κ1) is 37.5. The third-order valence-electron chi connectivity index (χ3n) is 7.80. The van der Waals surface area contributed by atoms with Gasteiger partial charge in [-0.15, -0.1) is 5.10 Å². The van der Waals surface area contributed by atoms with Crippen molar-refractivity contribution in [2.75, 3.05) is 38.8 Å². The molecule has 2 heterocycles. The number of hydrogen-bond acceptors (Lipinski definition) is 9. The van der Waals surface area contributed by atoms with Gasteiger partial charge >= 0.3 is 0 Å². The maximum absolute atomic E-state index is 13.2. The Kier molecular flexibility index (Phi) is 13.9. The zero-order chi connectivity index (χ0) is 34.7. The monoisotopic (exact) mass is 704 g/mol. The number of ether oxygens (including phenoxy) is 4. The fourth-order valence-electron chi connectivity index (χ4n) is 5.08. The highest BCUT2D eigenvalue weighted by molar-refractivity contribution is 7.78. The van der Waals surface area contributed by atoms with Gasteiger partial charge in [0.2, 0.25) is 0 Å². The molecule has 0 amide bonds. The molecule has 12 nitrogen and oxygen atoms in total. The largest absolute Gasteiger partial charge is 0.487 e. The van der Waals surface area contributed by atoms with Crippen molar-refractivity contribution in [2.45, 2.75) is 85.5 Å². The number of fused-ring (bicyclic) bond motifs is 1.